The van der Waals surface area contributed by atoms with E-state index in [-0.39, 0.29) is 11.8 Å². The van der Waals surface area contributed by atoms with Crippen molar-refractivity contribution in [2.75, 3.05) is 10.6 Å². The normalized spacial score (nSPS) is 10.7. The van der Waals surface area contributed by atoms with Gasteiger partial charge in [-0.3, -0.25) is 9.59 Å². The molecule has 0 saturated heterocycles. The molecule has 0 radical (unpaired) electrons. The van der Waals surface area contributed by atoms with Crippen LogP contribution in [0.5, 0.6) is 0 Å². The lowest BCUT2D eigenvalue weighted by atomic mass is 10.1. The third kappa shape index (κ3) is 5.86. The Hall–Kier alpha value is -2.10. The summed E-state index contributed by atoms with van der Waals surface area (Å²) in [7, 11) is 0. The molecule has 0 aliphatic rings. The number of hydrogen-bond donors (Lipinski definition) is 2. The predicted molar refractivity (Wildman–Crippen MR) is 78.0 cm³/mol. The molecule has 1 aromatic carbocycles. The molecule has 1 rings (SSSR count). The second-order valence-electron chi connectivity index (χ2n) is 4.71. The first-order chi connectivity index (χ1) is 9.01. The number of carbonyl (C=O) groups is 2. The van der Waals surface area contributed by atoms with Crippen LogP contribution in [0, 0.1) is 5.92 Å². The van der Waals surface area contributed by atoms with Crippen LogP contribution in [0.4, 0.5) is 11.4 Å². The molecule has 0 unspecified atom stereocenters. The maximum absolute atomic E-state index is 11.6. The highest BCUT2D eigenvalue weighted by Crippen LogP contribution is 2.14. The molecule has 2 N–H and O–H groups in total. The summed E-state index contributed by atoms with van der Waals surface area (Å²) in [5.41, 5.74) is 1.43. The molecule has 0 heterocycles. The molecule has 4 heteroatoms. The Morgan fingerprint density at radius 2 is 1.63 bits per heavy atom. The van der Waals surface area contributed by atoms with Gasteiger partial charge in [0.25, 0.3) is 0 Å². The number of amides is 2. The summed E-state index contributed by atoms with van der Waals surface area (Å²) < 4.78 is 0. The lowest BCUT2D eigenvalue weighted by Gasteiger charge is -2.08. The predicted octanol–water partition coefficient (Wildman–Crippen LogP) is 3.19. The molecular formula is C15H20N2O2. The highest BCUT2D eigenvalue weighted by Gasteiger charge is 2.05. The lowest BCUT2D eigenvalue weighted by Crippen LogP contribution is -2.14. The molecule has 0 bridgehead atoms. The first-order valence-electron chi connectivity index (χ1n) is 6.35. The number of rotatable bonds is 5. The third-order valence-electron chi connectivity index (χ3n) is 2.35. The SMILES string of the molecule is CC=CC(=O)Nc1ccc(NC(=O)CC(C)C)cc1. The van der Waals surface area contributed by atoms with Crippen molar-refractivity contribution in [2.45, 2.75) is 27.2 Å². The summed E-state index contributed by atoms with van der Waals surface area (Å²) in [6, 6.07) is 7.05. The minimum atomic E-state index is -0.168. The first-order valence-corrected chi connectivity index (χ1v) is 6.35. The molecule has 4 nitrogen and oxygen atoms in total. The highest BCUT2D eigenvalue weighted by atomic mass is 16.2. The first kappa shape index (κ1) is 15.0. The van der Waals surface area contributed by atoms with Crippen LogP contribution in [0.25, 0.3) is 0 Å². The fraction of sp³-hybridized carbons (Fsp3) is 0.333. The van der Waals surface area contributed by atoms with E-state index < -0.39 is 0 Å². The Labute approximate surface area is 113 Å². The largest absolute Gasteiger partial charge is 0.326 e. The van der Waals surface area contributed by atoms with Gasteiger partial charge in [-0.2, -0.15) is 0 Å². The van der Waals surface area contributed by atoms with E-state index in [9.17, 15) is 9.59 Å². The van der Waals surface area contributed by atoms with E-state index >= 15 is 0 Å². The quantitative estimate of drug-likeness (QED) is 0.799. The van der Waals surface area contributed by atoms with E-state index in [1.807, 2.05) is 13.8 Å². The number of nitrogens with one attached hydrogen (secondary N) is 2. The van der Waals surface area contributed by atoms with E-state index in [4.69, 9.17) is 0 Å². The Morgan fingerprint density at radius 1 is 1.11 bits per heavy atom. The van der Waals surface area contributed by atoms with Crippen molar-refractivity contribution < 1.29 is 9.59 Å². The van der Waals surface area contributed by atoms with Crippen LogP contribution in [0.15, 0.2) is 36.4 Å². The van der Waals surface area contributed by atoms with Crippen molar-refractivity contribution in [3.05, 3.63) is 36.4 Å². The summed E-state index contributed by atoms with van der Waals surface area (Å²) in [5.74, 6) is 0.166. The topological polar surface area (TPSA) is 58.2 Å². The zero-order valence-corrected chi connectivity index (χ0v) is 11.6. The molecule has 0 fully saturated rings. The standard InChI is InChI=1S/C15H20N2O2/c1-4-5-14(18)16-12-6-8-13(9-7-12)17-15(19)10-11(2)3/h4-9,11H,10H2,1-3H3,(H,16,18)(H,17,19). The van der Waals surface area contributed by atoms with Gasteiger partial charge in [0.1, 0.15) is 0 Å². The van der Waals surface area contributed by atoms with Gasteiger partial charge in [-0.05, 0) is 43.2 Å². The van der Waals surface area contributed by atoms with Gasteiger partial charge in [0, 0.05) is 17.8 Å². The van der Waals surface area contributed by atoms with Crippen molar-refractivity contribution in [1.29, 1.82) is 0 Å². The van der Waals surface area contributed by atoms with Crippen molar-refractivity contribution in [2.24, 2.45) is 5.92 Å². The Kier molecular flexibility index (Phi) is 5.79. The van der Waals surface area contributed by atoms with Gasteiger partial charge in [-0.25, -0.2) is 0 Å². The maximum Gasteiger partial charge on any atom is 0.248 e. The van der Waals surface area contributed by atoms with Crippen LogP contribution in [0.2, 0.25) is 0 Å². The van der Waals surface area contributed by atoms with Gasteiger partial charge in [0.2, 0.25) is 11.8 Å². The van der Waals surface area contributed by atoms with E-state index in [1.165, 1.54) is 6.08 Å². The summed E-state index contributed by atoms with van der Waals surface area (Å²) in [6.07, 6.45) is 3.63. The molecule has 0 atom stereocenters. The van der Waals surface area contributed by atoms with E-state index in [0.29, 0.717) is 18.0 Å². The van der Waals surface area contributed by atoms with Crippen LogP contribution in [-0.2, 0) is 9.59 Å². The summed E-state index contributed by atoms with van der Waals surface area (Å²) >= 11 is 0. The number of carbonyl (C=O) groups excluding carboxylic acids is 2. The van der Waals surface area contributed by atoms with Gasteiger partial charge in [-0.1, -0.05) is 19.9 Å². The van der Waals surface area contributed by atoms with Crippen molar-refractivity contribution >= 4 is 23.2 Å². The third-order valence-corrected chi connectivity index (χ3v) is 2.35. The minimum absolute atomic E-state index is 0.000650. The number of hydrogen-bond acceptors (Lipinski definition) is 2. The van der Waals surface area contributed by atoms with Gasteiger partial charge in [0.15, 0.2) is 0 Å². The summed E-state index contributed by atoms with van der Waals surface area (Å²) in [5, 5.41) is 5.53. The minimum Gasteiger partial charge on any atom is -0.326 e. The van der Waals surface area contributed by atoms with E-state index in [1.54, 1.807) is 37.3 Å². The highest BCUT2D eigenvalue weighted by molar-refractivity contribution is 5.99. The Morgan fingerprint density at radius 3 is 2.11 bits per heavy atom. The molecule has 0 spiro atoms. The summed E-state index contributed by atoms with van der Waals surface area (Å²) in [4.78, 5) is 22.9. The Bertz CT molecular complexity index is 462. The van der Waals surface area contributed by atoms with Gasteiger partial charge >= 0.3 is 0 Å². The average molecular weight is 260 g/mol. The van der Waals surface area contributed by atoms with Gasteiger partial charge in [-0.15, -0.1) is 0 Å². The lowest BCUT2D eigenvalue weighted by molar-refractivity contribution is -0.117. The van der Waals surface area contributed by atoms with Crippen LogP contribution >= 0.6 is 0 Å². The molecule has 0 saturated carbocycles. The maximum atomic E-state index is 11.6. The van der Waals surface area contributed by atoms with E-state index in [0.717, 1.165) is 5.69 Å². The van der Waals surface area contributed by atoms with Crippen LogP contribution in [-0.4, -0.2) is 11.8 Å². The number of benzene rings is 1. The van der Waals surface area contributed by atoms with Crippen molar-refractivity contribution in [3.63, 3.8) is 0 Å². The molecule has 1 aromatic rings. The zero-order valence-electron chi connectivity index (χ0n) is 11.6. The van der Waals surface area contributed by atoms with Gasteiger partial charge < -0.3 is 10.6 Å². The van der Waals surface area contributed by atoms with Crippen LogP contribution in [0.1, 0.15) is 27.2 Å². The molecule has 2 amide bonds. The average Bonchev–Trinajstić information content (AvgIpc) is 2.31. The molecule has 19 heavy (non-hydrogen) atoms. The van der Waals surface area contributed by atoms with Crippen LogP contribution in [0.3, 0.4) is 0 Å². The molecular weight excluding hydrogens is 240 g/mol. The second-order valence-corrected chi connectivity index (χ2v) is 4.71. The van der Waals surface area contributed by atoms with E-state index in [2.05, 4.69) is 10.6 Å². The van der Waals surface area contributed by atoms with Crippen LogP contribution < -0.4 is 10.6 Å². The molecule has 102 valence electrons. The fourth-order valence-electron chi connectivity index (χ4n) is 1.56. The fourth-order valence-corrected chi connectivity index (χ4v) is 1.56. The zero-order chi connectivity index (χ0) is 14.3. The molecule has 0 aliphatic carbocycles. The number of anilines is 2. The Balaban J connectivity index is 2.56. The van der Waals surface area contributed by atoms with Crippen molar-refractivity contribution in [3.8, 4) is 0 Å². The number of allylic oxidation sites excluding steroid dienone is 1. The van der Waals surface area contributed by atoms with Gasteiger partial charge in [0.05, 0.1) is 0 Å². The molecule has 0 aromatic heterocycles. The van der Waals surface area contributed by atoms with Crippen molar-refractivity contribution in [1.82, 2.24) is 0 Å². The summed E-state index contributed by atoms with van der Waals surface area (Å²) in [6.45, 7) is 5.78. The smallest absolute Gasteiger partial charge is 0.248 e. The second kappa shape index (κ2) is 7.36. The molecule has 0 aliphatic heterocycles. The monoisotopic (exact) mass is 260 g/mol.